The first-order valence-corrected chi connectivity index (χ1v) is 8.33. The Hall–Kier alpha value is -1.81. The third kappa shape index (κ3) is 3.45. The van der Waals surface area contributed by atoms with Crippen LogP contribution in [0.15, 0.2) is 35.7 Å². The Bertz CT molecular complexity index is 616. The van der Waals surface area contributed by atoms with Gasteiger partial charge in [-0.05, 0) is 47.9 Å². The molecule has 0 radical (unpaired) electrons. The Kier molecular flexibility index (Phi) is 4.25. The molecule has 0 atom stereocenters. The number of thiophene rings is 1. The van der Waals surface area contributed by atoms with E-state index in [1.54, 1.807) is 11.3 Å². The summed E-state index contributed by atoms with van der Waals surface area (Å²) in [6, 6.07) is 9.92. The number of rotatable bonds is 4. The van der Waals surface area contributed by atoms with Crippen LogP contribution in [0.2, 0.25) is 0 Å². The molecule has 1 amide bonds. The zero-order chi connectivity index (χ0) is 14.7. The molecule has 1 aromatic carbocycles. The fourth-order valence-electron chi connectivity index (χ4n) is 2.95. The number of nitrogens with one attached hydrogen (secondary N) is 1. The van der Waals surface area contributed by atoms with Crippen LogP contribution >= 0.6 is 11.3 Å². The summed E-state index contributed by atoms with van der Waals surface area (Å²) in [6.07, 6.45) is 5.50. The summed E-state index contributed by atoms with van der Waals surface area (Å²) in [6.45, 7) is 0. The van der Waals surface area contributed by atoms with Crippen molar-refractivity contribution in [3.05, 3.63) is 35.7 Å². The molecule has 0 saturated heterocycles. The molecule has 110 valence electrons. The molecule has 1 fully saturated rings. The van der Waals surface area contributed by atoms with Crippen molar-refractivity contribution >= 4 is 28.6 Å². The van der Waals surface area contributed by atoms with E-state index in [2.05, 4.69) is 11.4 Å². The monoisotopic (exact) mass is 300 g/mol. The molecule has 1 aliphatic rings. The number of nitrogen functional groups attached to an aromatic ring is 1. The van der Waals surface area contributed by atoms with Crippen molar-refractivity contribution in [1.82, 2.24) is 0 Å². The molecule has 2 aromatic rings. The number of carbonyl (C=O) groups excluding carboxylic acids is 1. The standard InChI is InChI=1S/C17H20N2OS/c18-14-11-13(16-6-3-9-21-16)7-8-15(14)19-17(20)10-12-4-1-2-5-12/h3,6-9,11-12H,1-2,4-5,10,18H2,(H,19,20). The lowest BCUT2D eigenvalue weighted by molar-refractivity contribution is -0.117. The minimum Gasteiger partial charge on any atom is -0.397 e. The molecule has 3 rings (SSSR count). The maximum absolute atomic E-state index is 12.1. The van der Waals surface area contributed by atoms with Crippen molar-refractivity contribution < 1.29 is 4.79 Å². The van der Waals surface area contributed by atoms with E-state index in [-0.39, 0.29) is 5.91 Å². The number of nitrogens with two attached hydrogens (primary N) is 1. The molecule has 3 N–H and O–H groups in total. The van der Waals surface area contributed by atoms with E-state index in [1.165, 1.54) is 30.6 Å². The number of carbonyl (C=O) groups is 1. The molecular formula is C17H20N2OS. The Labute approximate surface area is 129 Å². The quantitative estimate of drug-likeness (QED) is 0.816. The summed E-state index contributed by atoms with van der Waals surface area (Å²) in [7, 11) is 0. The third-order valence-corrected chi connectivity index (χ3v) is 5.00. The molecule has 1 saturated carbocycles. The van der Waals surface area contributed by atoms with Crippen molar-refractivity contribution in [2.45, 2.75) is 32.1 Å². The van der Waals surface area contributed by atoms with Crippen LogP contribution in [0, 0.1) is 5.92 Å². The van der Waals surface area contributed by atoms with Gasteiger partial charge < -0.3 is 11.1 Å². The first kappa shape index (κ1) is 14.1. The van der Waals surface area contributed by atoms with E-state index in [0.29, 0.717) is 18.0 Å². The van der Waals surface area contributed by atoms with Crippen LogP contribution in [-0.2, 0) is 4.79 Å². The largest absolute Gasteiger partial charge is 0.397 e. The van der Waals surface area contributed by atoms with Crippen molar-refractivity contribution in [2.24, 2.45) is 5.92 Å². The lowest BCUT2D eigenvalue weighted by Crippen LogP contribution is -2.16. The lowest BCUT2D eigenvalue weighted by atomic mass is 10.0. The first-order valence-electron chi connectivity index (χ1n) is 7.45. The van der Waals surface area contributed by atoms with Crippen LogP contribution in [0.25, 0.3) is 10.4 Å². The van der Waals surface area contributed by atoms with Gasteiger partial charge in [0.1, 0.15) is 0 Å². The van der Waals surface area contributed by atoms with Crippen LogP contribution in [0.3, 0.4) is 0 Å². The topological polar surface area (TPSA) is 55.1 Å². The maximum Gasteiger partial charge on any atom is 0.224 e. The van der Waals surface area contributed by atoms with Gasteiger partial charge in [-0.3, -0.25) is 4.79 Å². The van der Waals surface area contributed by atoms with E-state index in [9.17, 15) is 4.79 Å². The second-order valence-electron chi connectivity index (χ2n) is 5.68. The Morgan fingerprint density at radius 1 is 1.29 bits per heavy atom. The number of hydrogen-bond donors (Lipinski definition) is 2. The zero-order valence-corrected chi connectivity index (χ0v) is 12.8. The SMILES string of the molecule is Nc1cc(-c2cccs2)ccc1NC(=O)CC1CCCC1. The van der Waals surface area contributed by atoms with Gasteiger partial charge in [-0.25, -0.2) is 0 Å². The third-order valence-electron chi connectivity index (χ3n) is 4.08. The van der Waals surface area contributed by atoms with Crippen molar-refractivity contribution in [1.29, 1.82) is 0 Å². The fraction of sp³-hybridized carbons (Fsp3) is 0.353. The van der Waals surface area contributed by atoms with E-state index < -0.39 is 0 Å². The molecule has 21 heavy (non-hydrogen) atoms. The molecule has 0 spiro atoms. The molecule has 4 heteroatoms. The van der Waals surface area contributed by atoms with Gasteiger partial charge in [0, 0.05) is 11.3 Å². The molecule has 0 aliphatic heterocycles. The highest BCUT2D eigenvalue weighted by Crippen LogP contribution is 2.31. The second kappa shape index (κ2) is 6.31. The number of amides is 1. The van der Waals surface area contributed by atoms with Crippen LogP contribution in [0.5, 0.6) is 0 Å². The summed E-state index contributed by atoms with van der Waals surface area (Å²) >= 11 is 1.68. The smallest absolute Gasteiger partial charge is 0.224 e. The van der Waals surface area contributed by atoms with E-state index in [1.807, 2.05) is 29.6 Å². The molecule has 1 aromatic heterocycles. The van der Waals surface area contributed by atoms with Gasteiger partial charge in [0.05, 0.1) is 11.4 Å². The van der Waals surface area contributed by atoms with E-state index in [0.717, 1.165) is 11.3 Å². The second-order valence-corrected chi connectivity index (χ2v) is 6.63. The molecular weight excluding hydrogens is 280 g/mol. The summed E-state index contributed by atoms with van der Waals surface area (Å²) < 4.78 is 0. The zero-order valence-electron chi connectivity index (χ0n) is 12.0. The molecule has 0 unspecified atom stereocenters. The number of hydrogen-bond acceptors (Lipinski definition) is 3. The summed E-state index contributed by atoms with van der Waals surface area (Å²) in [5.74, 6) is 0.633. The minimum absolute atomic E-state index is 0.0810. The molecule has 0 bridgehead atoms. The summed E-state index contributed by atoms with van der Waals surface area (Å²) in [5, 5.41) is 4.99. The highest BCUT2D eigenvalue weighted by molar-refractivity contribution is 7.13. The Balaban J connectivity index is 1.66. The van der Waals surface area contributed by atoms with Gasteiger partial charge in [-0.15, -0.1) is 11.3 Å². The minimum atomic E-state index is 0.0810. The van der Waals surface area contributed by atoms with Gasteiger partial charge >= 0.3 is 0 Å². The van der Waals surface area contributed by atoms with Gasteiger partial charge in [-0.1, -0.05) is 25.0 Å². The van der Waals surface area contributed by atoms with Gasteiger partial charge in [0.25, 0.3) is 0 Å². The number of benzene rings is 1. The highest BCUT2D eigenvalue weighted by Gasteiger charge is 2.18. The van der Waals surface area contributed by atoms with Crippen LogP contribution < -0.4 is 11.1 Å². The lowest BCUT2D eigenvalue weighted by Gasteiger charge is -2.12. The summed E-state index contributed by atoms with van der Waals surface area (Å²) in [4.78, 5) is 13.3. The van der Waals surface area contributed by atoms with Crippen LogP contribution in [0.1, 0.15) is 32.1 Å². The Morgan fingerprint density at radius 3 is 2.76 bits per heavy atom. The van der Waals surface area contributed by atoms with Gasteiger partial charge in [-0.2, -0.15) is 0 Å². The predicted molar refractivity (Wildman–Crippen MR) is 89.4 cm³/mol. The summed E-state index contributed by atoms with van der Waals surface area (Å²) in [5.41, 5.74) is 8.51. The average molecular weight is 300 g/mol. The van der Waals surface area contributed by atoms with E-state index in [4.69, 9.17) is 5.73 Å². The first-order chi connectivity index (χ1) is 10.2. The molecule has 1 heterocycles. The van der Waals surface area contributed by atoms with Crippen LogP contribution in [-0.4, -0.2) is 5.91 Å². The predicted octanol–water partition coefficient (Wildman–Crippen LogP) is 4.52. The highest BCUT2D eigenvalue weighted by atomic mass is 32.1. The van der Waals surface area contributed by atoms with Crippen molar-refractivity contribution in [3.8, 4) is 10.4 Å². The van der Waals surface area contributed by atoms with Gasteiger partial charge in [0.2, 0.25) is 5.91 Å². The normalized spacial score (nSPS) is 15.2. The van der Waals surface area contributed by atoms with E-state index >= 15 is 0 Å². The number of anilines is 2. The average Bonchev–Trinajstić information content (AvgIpc) is 3.13. The van der Waals surface area contributed by atoms with Crippen LogP contribution in [0.4, 0.5) is 11.4 Å². The van der Waals surface area contributed by atoms with Crippen molar-refractivity contribution in [3.63, 3.8) is 0 Å². The van der Waals surface area contributed by atoms with Crippen molar-refractivity contribution in [2.75, 3.05) is 11.1 Å². The maximum atomic E-state index is 12.1. The Morgan fingerprint density at radius 2 is 2.10 bits per heavy atom. The molecule has 3 nitrogen and oxygen atoms in total. The molecule has 1 aliphatic carbocycles. The van der Waals surface area contributed by atoms with Gasteiger partial charge in [0.15, 0.2) is 0 Å². The fourth-order valence-corrected chi connectivity index (χ4v) is 3.67.